The molecule has 0 aliphatic carbocycles. The number of rotatable bonds is 8. The first-order valence-corrected chi connectivity index (χ1v) is 7.00. The molecule has 0 spiro atoms. The van der Waals surface area contributed by atoms with Gasteiger partial charge in [0, 0.05) is 12.1 Å². The summed E-state index contributed by atoms with van der Waals surface area (Å²) in [6.45, 7) is 12.6. The van der Waals surface area contributed by atoms with Gasteiger partial charge in [0.15, 0.2) is 0 Å². The molecule has 5 nitrogen and oxygen atoms in total. The maximum Gasteiger partial charge on any atom is 0.237 e. The lowest BCUT2D eigenvalue weighted by Gasteiger charge is -2.26. The smallest absolute Gasteiger partial charge is 0.237 e. The third-order valence-corrected chi connectivity index (χ3v) is 3.02. The SMILES string of the molecule is CCC(C)(C)NC(=O)C(C)NCC(=O)NCC(C)C. The Kier molecular flexibility index (Phi) is 7.68. The fraction of sp³-hybridized carbons (Fsp3) is 0.857. The molecule has 19 heavy (non-hydrogen) atoms. The van der Waals surface area contributed by atoms with Crippen molar-refractivity contribution in [1.29, 1.82) is 0 Å². The summed E-state index contributed by atoms with van der Waals surface area (Å²) in [4.78, 5) is 23.4. The van der Waals surface area contributed by atoms with Crippen molar-refractivity contribution in [2.75, 3.05) is 13.1 Å². The molecule has 0 heterocycles. The molecule has 1 unspecified atom stereocenters. The second kappa shape index (κ2) is 8.15. The van der Waals surface area contributed by atoms with Crippen LogP contribution in [0.4, 0.5) is 0 Å². The monoisotopic (exact) mass is 271 g/mol. The number of amides is 2. The third-order valence-electron chi connectivity index (χ3n) is 3.02. The van der Waals surface area contributed by atoms with Gasteiger partial charge in [0.05, 0.1) is 12.6 Å². The standard InChI is InChI=1S/C14H29N3O2/c1-7-14(5,6)17-13(19)11(4)15-9-12(18)16-8-10(2)3/h10-11,15H,7-9H2,1-6H3,(H,16,18)(H,17,19). The molecule has 0 fully saturated rings. The van der Waals surface area contributed by atoms with Gasteiger partial charge >= 0.3 is 0 Å². The molecule has 0 rings (SSSR count). The van der Waals surface area contributed by atoms with Crippen molar-refractivity contribution < 1.29 is 9.59 Å². The molecule has 0 aromatic carbocycles. The highest BCUT2D eigenvalue weighted by Crippen LogP contribution is 2.06. The Hall–Kier alpha value is -1.10. The summed E-state index contributed by atoms with van der Waals surface area (Å²) in [5.41, 5.74) is -0.215. The quantitative estimate of drug-likeness (QED) is 0.618. The van der Waals surface area contributed by atoms with Gasteiger partial charge in [-0.05, 0) is 33.1 Å². The van der Waals surface area contributed by atoms with Crippen LogP contribution in [0.25, 0.3) is 0 Å². The number of carbonyl (C=O) groups excluding carboxylic acids is 2. The molecular weight excluding hydrogens is 242 g/mol. The largest absolute Gasteiger partial charge is 0.355 e. The van der Waals surface area contributed by atoms with Crippen LogP contribution >= 0.6 is 0 Å². The summed E-state index contributed by atoms with van der Waals surface area (Å²) < 4.78 is 0. The molecule has 0 saturated carbocycles. The Bertz CT molecular complexity index is 301. The number of carbonyl (C=O) groups is 2. The fourth-order valence-corrected chi connectivity index (χ4v) is 1.25. The van der Waals surface area contributed by atoms with Crippen molar-refractivity contribution in [3.63, 3.8) is 0 Å². The Balaban J connectivity index is 4.00. The molecular formula is C14H29N3O2. The molecule has 0 aromatic rings. The predicted molar refractivity (Wildman–Crippen MR) is 77.8 cm³/mol. The second-order valence-corrected chi connectivity index (χ2v) is 6.03. The summed E-state index contributed by atoms with van der Waals surface area (Å²) in [5.74, 6) is 0.265. The molecule has 2 amide bonds. The summed E-state index contributed by atoms with van der Waals surface area (Å²) in [6, 6.07) is -0.379. The van der Waals surface area contributed by atoms with E-state index in [0.717, 1.165) is 6.42 Å². The second-order valence-electron chi connectivity index (χ2n) is 6.03. The molecule has 1 atom stereocenters. The van der Waals surface area contributed by atoms with Crippen LogP contribution in [0.15, 0.2) is 0 Å². The van der Waals surface area contributed by atoms with Gasteiger partial charge in [-0.15, -0.1) is 0 Å². The van der Waals surface area contributed by atoms with E-state index in [2.05, 4.69) is 16.0 Å². The van der Waals surface area contributed by atoms with Gasteiger partial charge in [0.25, 0.3) is 0 Å². The zero-order chi connectivity index (χ0) is 15.1. The average Bonchev–Trinajstić information content (AvgIpc) is 2.32. The van der Waals surface area contributed by atoms with Crippen LogP contribution in [0.3, 0.4) is 0 Å². The van der Waals surface area contributed by atoms with Crippen LogP contribution in [-0.2, 0) is 9.59 Å². The van der Waals surface area contributed by atoms with Gasteiger partial charge in [-0.25, -0.2) is 0 Å². The first kappa shape index (κ1) is 17.9. The highest BCUT2D eigenvalue weighted by molar-refractivity contribution is 5.83. The van der Waals surface area contributed by atoms with E-state index in [1.807, 2.05) is 34.6 Å². The van der Waals surface area contributed by atoms with Crippen molar-refractivity contribution in [3.05, 3.63) is 0 Å². The number of nitrogens with one attached hydrogen (secondary N) is 3. The van der Waals surface area contributed by atoms with E-state index in [1.165, 1.54) is 0 Å². The van der Waals surface area contributed by atoms with E-state index >= 15 is 0 Å². The first-order chi connectivity index (χ1) is 8.68. The maximum atomic E-state index is 11.9. The van der Waals surface area contributed by atoms with Crippen LogP contribution in [0.2, 0.25) is 0 Å². The molecule has 112 valence electrons. The molecule has 0 aliphatic heterocycles. The summed E-state index contributed by atoms with van der Waals surface area (Å²) in [7, 11) is 0. The zero-order valence-corrected chi connectivity index (χ0v) is 13.1. The molecule has 0 bridgehead atoms. The van der Waals surface area contributed by atoms with Gasteiger partial charge in [0.1, 0.15) is 0 Å². The topological polar surface area (TPSA) is 70.2 Å². The van der Waals surface area contributed by atoms with Gasteiger partial charge in [0.2, 0.25) is 11.8 Å². The summed E-state index contributed by atoms with van der Waals surface area (Å²) >= 11 is 0. The molecule has 3 N–H and O–H groups in total. The Morgan fingerprint density at radius 1 is 1.16 bits per heavy atom. The van der Waals surface area contributed by atoms with E-state index < -0.39 is 0 Å². The summed E-state index contributed by atoms with van der Waals surface area (Å²) in [5, 5.41) is 8.68. The van der Waals surface area contributed by atoms with Crippen LogP contribution in [0, 0.1) is 5.92 Å². The lowest BCUT2D eigenvalue weighted by atomic mass is 10.0. The van der Waals surface area contributed by atoms with Gasteiger partial charge in [-0.1, -0.05) is 20.8 Å². The maximum absolute atomic E-state index is 11.9. The van der Waals surface area contributed by atoms with E-state index in [4.69, 9.17) is 0 Å². The van der Waals surface area contributed by atoms with Crippen molar-refractivity contribution >= 4 is 11.8 Å². The van der Waals surface area contributed by atoms with Crippen molar-refractivity contribution in [2.45, 2.75) is 59.5 Å². The molecule has 0 radical (unpaired) electrons. The predicted octanol–water partition coefficient (Wildman–Crippen LogP) is 1.04. The van der Waals surface area contributed by atoms with Crippen LogP contribution in [0.5, 0.6) is 0 Å². The number of hydrogen-bond donors (Lipinski definition) is 3. The van der Waals surface area contributed by atoms with Crippen LogP contribution < -0.4 is 16.0 Å². The minimum atomic E-state index is -0.379. The molecule has 5 heteroatoms. The van der Waals surface area contributed by atoms with E-state index in [-0.39, 0.29) is 29.9 Å². The zero-order valence-electron chi connectivity index (χ0n) is 13.1. The van der Waals surface area contributed by atoms with E-state index in [0.29, 0.717) is 12.5 Å². The van der Waals surface area contributed by atoms with Gasteiger partial charge in [-0.3, -0.25) is 14.9 Å². The molecule has 0 aromatic heterocycles. The van der Waals surface area contributed by atoms with E-state index in [9.17, 15) is 9.59 Å². The molecule has 0 saturated heterocycles. The minimum Gasteiger partial charge on any atom is -0.355 e. The average molecular weight is 271 g/mol. The Morgan fingerprint density at radius 3 is 2.21 bits per heavy atom. The number of hydrogen-bond acceptors (Lipinski definition) is 3. The summed E-state index contributed by atoms with van der Waals surface area (Å²) in [6.07, 6.45) is 0.861. The highest BCUT2D eigenvalue weighted by atomic mass is 16.2. The minimum absolute atomic E-state index is 0.0801. The third kappa shape index (κ3) is 8.59. The lowest BCUT2D eigenvalue weighted by Crippen LogP contribution is -2.52. The Morgan fingerprint density at radius 2 is 1.74 bits per heavy atom. The van der Waals surface area contributed by atoms with Crippen LogP contribution in [0.1, 0.15) is 48.0 Å². The van der Waals surface area contributed by atoms with Crippen molar-refractivity contribution in [2.24, 2.45) is 5.92 Å². The van der Waals surface area contributed by atoms with Crippen molar-refractivity contribution in [3.8, 4) is 0 Å². The lowest BCUT2D eigenvalue weighted by molar-refractivity contribution is -0.124. The van der Waals surface area contributed by atoms with Crippen LogP contribution in [-0.4, -0.2) is 36.5 Å². The fourth-order valence-electron chi connectivity index (χ4n) is 1.25. The van der Waals surface area contributed by atoms with Gasteiger partial charge < -0.3 is 10.6 Å². The van der Waals surface area contributed by atoms with Gasteiger partial charge in [-0.2, -0.15) is 0 Å². The first-order valence-electron chi connectivity index (χ1n) is 7.00. The normalized spacial score (nSPS) is 13.2. The highest BCUT2D eigenvalue weighted by Gasteiger charge is 2.21. The Labute approximate surface area is 116 Å². The van der Waals surface area contributed by atoms with Crippen molar-refractivity contribution in [1.82, 2.24) is 16.0 Å². The molecule has 0 aliphatic rings. The van der Waals surface area contributed by atoms with E-state index in [1.54, 1.807) is 6.92 Å².